The molecule has 1 aromatic carbocycles. The number of carbonyl (C=O) groups excluding carboxylic acids is 1. The minimum absolute atomic E-state index is 0.0303. The zero-order valence-corrected chi connectivity index (χ0v) is 18.3. The van der Waals surface area contributed by atoms with Gasteiger partial charge >= 0.3 is 0 Å². The third-order valence-electron chi connectivity index (χ3n) is 6.05. The molecular weight excluding hydrogens is 424 g/mol. The van der Waals surface area contributed by atoms with Crippen molar-refractivity contribution in [2.45, 2.75) is 48.5 Å². The van der Waals surface area contributed by atoms with Crippen LogP contribution in [0.5, 0.6) is 0 Å². The summed E-state index contributed by atoms with van der Waals surface area (Å²) in [5.74, 6) is 0.0303. The van der Waals surface area contributed by atoms with Gasteiger partial charge in [0.15, 0.2) is 0 Å². The molecule has 0 saturated carbocycles. The number of ether oxygens (including phenoxy) is 3. The first-order valence-corrected chi connectivity index (χ1v) is 12.2. The van der Waals surface area contributed by atoms with E-state index < -0.39 is 28.3 Å². The van der Waals surface area contributed by atoms with Crippen molar-refractivity contribution in [2.75, 3.05) is 46.1 Å². The first kappa shape index (κ1) is 22.6. The topological polar surface area (TPSA) is 106 Å². The Kier molecular flexibility index (Phi) is 7.25. The maximum absolute atomic E-state index is 13.4. The Bertz CT molecular complexity index is 845. The minimum Gasteiger partial charge on any atom is -0.389 e. The fourth-order valence-corrected chi connectivity index (χ4v) is 6.17. The highest BCUT2D eigenvalue weighted by Crippen LogP contribution is 2.31. The van der Waals surface area contributed by atoms with Crippen LogP contribution in [0.25, 0.3) is 0 Å². The maximum atomic E-state index is 13.4. The molecule has 0 aromatic heterocycles. The summed E-state index contributed by atoms with van der Waals surface area (Å²) in [5.41, 5.74) is 0. The molecule has 1 N–H and O–H groups in total. The van der Waals surface area contributed by atoms with E-state index in [1.165, 1.54) is 4.31 Å². The molecule has 3 fully saturated rings. The molecule has 0 radical (unpaired) electrons. The molecule has 172 valence electrons. The molecule has 4 atom stereocenters. The van der Waals surface area contributed by atoms with Gasteiger partial charge in [0.2, 0.25) is 15.9 Å². The molecule has 3 saturated heterocycles. The maximum Gasteiger partial charge on any atom is 0.243 e. The normalized spacial score (nSPS) is 30.8. The van der Waals surface area contributed by atoms with Gasteiger partial charge in [-0.25, -0.2) is 8.42 Å². The van der Waals surface area contributed by atoms with Gasteiger partial charge in [-0.1, -0.05) is 18.2 Å². The predicted molar refractivity (Wildman–Crippen MR) is 111 cm³/mol. The lowest BCUT2D eigenvalue weighted by molar-refractivity contribution is -0.153. The molecule has 1 aromatic rings. The third-order valence-corrected chi connectivity index (χ3v) is 7.95. The fraction of sp³-hybridized carbons (Fsp3) is 0.667. The van der Waals surface area contributed by atoms with E-state index in [0.717, 1.165) is 0 Å². The molecule has 3 aliphatic rings. The van der Waals surface area contributed by atoms with Gasteiger partial charge in [-0.15, -0.1) is 0 Å². The predicted octanol–water partition coefficient (Wildman–Crippen LogP) is 0.234. The second kappa shape index (κ2) is 9.93. The summed E-state index contributed by atoms with van der Waals surface area (Å²) >= 11 is 0. The smallest absolute Gasteiger partial charge is 0.243 e. The lowest BCUT2D eigenvalue weighted by Gasteiger charge is -2.43. The van der Waals surface area contributed by atoms with Crippen LogP contribution in [0.15, 0.2) is 35.2 Å². The van der Waals surface area contributed by atoms with E-state index in [-0.39, 0.29) is 43.1 Å². The molecule has 0 spiro atoms. The molecule has 3 heterocycles. The van der Waals surface area contributed by atoms with Gasteiger partial charge in [-0.3, -0.25) is 4.79 Å². The molecule has 10 heteroatoms. The summed E-state index contributed by atoms with van der Waals surface area (Å²) < 4.78 is 45.2. The number of β-amino-alcohol motifs (C(OH)–C–C–N with tert-alkyl or cyclic N) is 1. The highest BCUT2D eigenvalue weighted by atomic mass is 32.2. The number of carbonyl (C=O) groups is 1. The largest absolute Gasteiger partial charge is 0.389 e. The molecular formula is C21H30N2O7S. The van der Waals surface area contributed by atoms with Gasteiger partial charge in [-0.2, -0.15) is 4.31 Å². The van der Waals surface area contributed by atoms with E-state index in [0.29, 0.717) is 39.1 Å². The number of hydrogen-bond acceptors (Lipinski definition) is 7. The summed E-state index contributed by atoms with van der Waals surface area (Å²) in [4.78, 5) is 14.6. The molecule has 1 amide bonds. The van der Waals surface area contributed by atoms with Gasteiger partial charge in [0, 0.05) is 19.6 Å². The van der Waals surface area contributed by atoms with Crippen LogP contribution in [0.2, 0.25) is 0 Å². The van der Waals surface area contributed by atoms with Crippen molar-refractivity contribution in [3.63, 3.8) is 0 Å². The highest BCUT2D eigenvalue weighted by molar-refractivity contribution is 7.89. The van der Waals surface area contributed by atoms with Crippen molar-refractivity contribution >= 4 is 15.9 Å². The number of hydrogen-bond donors (Lipinski definition) is 1. The Morgan fingerprint density at radius 1 is 1.06 bits per heavy atom. The van der Waals surface area contributed by atoms with Crippen molar-refractivity contribution in [2.24, 2.45) is 0 Å². The van der Waals surface area contributed by atoms with Crippen LogP contribution < -0.4 is 0 Å². The van der Waals surface area contributed by atoms with Crippen LogP contribution in [0.1, 0.15) is 19.3 Å². The summed E-state index contributed by atoms with van der Waals surface area (Å²) in [6, 6.07) is 7.77. The molecule has 0 unspecified atom stereocenters. The molecule has 3 aliphatic heterocycles. The second-order valence-corrected chi connectivity index (χ2v) is 10.1. The molecule has 9 nitrogen and oxygen atoms in total. The van der Waals surface area contributed by atoms with Gasteiger partial charge in [-0.05, 0) is 25.0 Å². The third kappa shape index (κ3) is 5.27. The SMILES string of the molecule is O=C(C[C@H]1CC[C@@H]2[C@H](COC[C@@H](O)CN2S(=O)(=O)c2ccccc2)O1)N1CCOCC1. The fourth-order valence-electron chi connectivity index (χ4n) is 4.44. The molecule has 0 bridgehead atoms. The van der Waals surface area contributed by atoms with Crippen LogP contribution in [-0.2, 0) is 29.0 Å². The van der Waals surface area contributed by atoms with Crippen LogP contribution in [0.3, 0.4) is 0 Å². The van der Waals surface area contributed by atoms with Crippen LogP contribution in [0, 0.1) is 0 Å². The number of fused-ring (bicyclic) bond motifs is 1. The van der Waals surface area contributed by atoms with E-state index in [4.69, 9.17) is 14.2 Å². The molecule has 31 heavy (non-hydrogen) atoms. The summed E-state index contributed by atoms with van der Waals surface area (Å²) in [7, 11) is -3.81. The lowest BCUT2D eigenvalue weighted by atomic mass is 9.96. The number of amides is 1. The monoisotopic (exact) mass is 454 g/mol. The van der Waals surface area contributed by atoms with Crippen molar-refractivity contribution in [3.8, 4) is 0 Å². The molecule has 4 rings (SSSR count). The number of sulfonamides is 1. The van der Waals surface area contributed by atoms with Crippen LogP contribution in [0.4, 0.5) is 0 Å². The Morgan fingerprint density at radius 2 is 1.81 bits per heavy atom. The number of morpholine rings is 1. The van der Waals surface area contributed by atoms with Crippen molar-refractivity contribution in [1.29, 1.82) is 0 Å². The number of rotatable bonds is 4. The highest BCUT2D eigenvalue weighted by Gasteiger charge is 2.43. The van der Waals surface area contributed by atoms with E-state index in [1.54, 1.807) is 35.2 Å². The first-order valence-electron chi connectivity index (χ1n) is 10.8. The standard InChI is InChI=1S/C21H30N2O7S/c24-16-13-23(31(26,27)18-4-2-1-3-5-18)19-7-6-17(30-20(19)15-29-14-16)12-21(25)22-8-10-28-11-9-22/h1-5,16-17,19-20,24H,6-15H2/t16-,17+,19+,20-/m0/s1. The number of benzene rings is 1. The van der Waals surface area contributed by atoms with Crippen molar-refractivity contribution < 1.29 is 32.5 Å². The number of aliphatic hydroxyl groups is 1. The Balaban J connectivity index is 1.49. The van der Waals surface area contributed by atoms with Gasteiger partial charge in [0.25, 0.3) is 0 Å². The van der Waals surface area contributed by atoms with E-state index in [9.17, 15) is 18.3 Å². The van der Waals surface area contributed by atoms with Crippen molar-refractivity contribution in [3.05, 3.63) is 30.3 Å². The van der Waals surface area contributed by atoms with Gasteiger partial charge < -0.3 is 24.2 Å². The Labute approximate surface area is 182 Å². The zero-order chi connectivity index (χ0) is 21.8. The Hall–Kier alpha value is -1.56. The van der Waals surface area contributed by atoms with E-state index >= 15 is 0 Å². The summed E-state index contributed by atoms with van der Waals surface area (Å²) in [6.45, 7) is 2.41. The van der Waals surface area contributed by atoms with Crippen LogP contribution >= 0.6 is 0 Å². The lowest BCUT2D eigenvalue weighted by Crippen LogP contribution is -2.57. The van der Waals surface area contributed by atoms with Crippen LogP contribution in [-0.4, -0.2) is 99.1 Å². The number of nitrogens with zero attached hydrogens (tertiary/aromatic N) is 2. The quantitative estimate of drug-likeness (QED) is 0.694. The Morgan fingerprint density at radius 3 is 2.55 bits per heavy atom. The average molecular weight is 455 g/mol. The first-order chi connectivity index (χ1) is 14.9. The second-order valence-electron chi connectivity index (χ2n) is 8.22. The molecule has 0 aliphatic carbocycles. The average Bonchev–Trinajstić information content (AvgIpc) is 2.78. The van der Waals surface area contributed by atoms with Gasteiger partial charge in [0.1, 0.15) is 0 Å². The minimum atomic E-state index is -3.81. The zero-order valence-electron chi connectivity index (χ0n) is 17.5. The van der Waals surface area contributed by atoms with E-state index in [1.807, 2.05) is 0 Å². The van der Waals surface area contributed by atoms with Crippen molar-refractivity contribution in [1.82, 2.24) is 9.21 Å². The summed E-state index contributed by atoms with van der Waals surface area (Å²) in [6.07, 6.45) is -0.340. The number of aliphatic hydroxyl groups excluding tert-OH is 1. The van der Waals surface area contributed by atoms with Gasteiger partial charge in [0.05, 0.1) is 62.1 Å². The summed E-state index contributed by atoms with van der Waals surface area (Å²) in [5, 5.41) is 10.3. The van der Waals surface area contributed by atoms with E-state index in [2.05, 4.69) is 0 Å².